The summed E-state index contributed by atoms with van der Waals surface area (Å²) in [6.45, 7) is 3.52. The van der Waals surface area contributed by atoms with Crippen molar-refractivity contribution in [3.8, 4) is 0 Å². The largest absolute Gasteiger partial charge is 0.388 e. The maximum absolute atomic E-state index is 12.8. The van der Waals surface area contributed by atoms with Gasteiger partial charge in [0.2, 0.25) is 16.4 Å². The molecule has 1 heterocycles. The van der Waals surface area contributed by atoms with Gasteiger partial charge in [0.05, 0.1) is 24.2 Å². The molecule has 8 nitrogen and oxygen atoms in total. The van der Waals surface area contributed by atoms with Gasteiger partial charge in [-0.1, -0.05) is 30.7 Å². The lowest BCUT2D eigenvalue weighted by atomic mass is 9.99. The van der Waals surface area contributed by atoms with Gasteiger partial charge in [-0.15, -0.1) is 0 Å². The molecule has 0 spiro atoms. The van der Waals surface area contributed by atoms with E-state index >= 15 is 0 Å². The van der Waals surface area contributed by atoms with Crippen LogP contribution >= 0.6 is 0 Å². The van der Waals surface area contributed by atoms with Crippen LogP contribution < -0.4 is 10.6 Å². The highest BCUT2D eigenvalue weighted by Gasteiger charge is 2.26. The molecule has 0 aliphatic carbocycles. The summed E-state index contributed by atoms with van der Waals surface area (Å²) in [5, 5.41) is 16.5. The fourth-order valence-electron chi connectivity index (χ4n) is 4.47. The van der Waals surface area contributed by atoms with Crippen LogP contribution in [0.2, 0.25) is 0 Å². The van der Waals surface area contributed by atoms with E-state index < -0.39 is 16.1 Å². The number of carbonyl (C=O) groups excluding carboxylic acids is 1. The van der Waals surface area contributed by atoms with Crippen LogP contribution in [0.5, 0.6) is 0 Å². The standard InChI is InChI=1S/C29H35N3O5S/c1-22-6-9-24(20-28(22)30-21-33)29(34)5-3-2-4-23-7-10-25(11-8-23)31-26-12-14-27(15-13-26)38(35,36)32-16-18-37-19-17-32/h6-15,20-21,29,31,34H,2-5,16-19H2,1H3,(H,30,33)/t29-/m0/s1. The van der Waals surface area contributed by atoms with Gasteiger partial charge in [0.25, 0.3) is 0 Å². The number of morpholine rings is 1. The predicted molar refractivity (Wildman–Crippen MR) is 149 cm³/mol. The second-order valence-corrected chi connectivity index (χ2v) is 11.4. The fourth-order valence-corrected chi connectivity index (χ4v) is 5.87. The van der Waals surface area contributed by atoms with Crippen LogP contribution in [-0.2, 0) is 26.0 Å². The molecule has 1 atom stereocenters. The van der Waals surface area contributed by atoms with Gasteiger partial charge in [0.1, 0.15) is 0 Å². The van der Waals surface area contributed by atoms with Crippen molar-refractivity contribution in [1.29, 1.82) is 0 Å². The van der Waals surface area contributed by atoms with Gasteiger partial charge < -0.3 is 20.5 Å². The highest BCUT2D eigenvalue weighted by molar-refractivity contribution is 7.89. The SMILES string of the molecule is Cc1ccc([C@@H](O)CCCCc2ccc(Nc3ccc(S(=O)(=O)N4CCOCC4)cc3)cc2)cc1NC=O. The molecular weight excluding hydrogens is 502 g/mol. The number of aliphatic hydroxyl groups excluding tert-OH is 1. The molecule has 0 aromatic heterocycles. The van der Waals surface area contributed by atoms with E-state index in [9.17, 15) is 18.3 Å². The number of ether oxygens (including phenoxy) is 1. The van der Waals surface area contributed by atoms with E-state index in [1.807, 2.05) is 37.3 Å². The normalized spacial score (nSPS) is 15.1. The Morgan fingerprint density at radius 2 is 1.63 bits per heavy atom. The first kappa shape index (κ1) is 27.8. The Hall–Kier alpha value is -3.24. The van der Waals surface area contributed by atoms with Crippen molar-refractivity contribution in [2.24, 2.45) is 0 Å². The highest BCUT2D eigenvalue weighted by atomic mass is 32.2. The first-order valence-electron chi connectivity index (χ1n) is 12.9. The number of unbranched alkanes of at least 4 members (excludes halogenated alkanes) is 1. The lowest BCUT2D eigenvalue weighted by Crippen LogP contribution is -2.40. The van der Waals surface area contributed by atoms with E-state index in [4.69, 9.17) is 4.74 Å². The zero-order valence-corrected chi connectivity index (χ0v) is 22.4. The smallest absolute Gasteiger partial charge is 0.243 e. The Kier molecular flexibility index (Phi) is 9.52. The zero-order valence-electron chi connectivity index (χ0n) is 21.6. The lowest BCUT2D eigenvalue weighted by molar-refractivity contribution is -0.105. The van der Waals surface area contributed by atoms with Crippen molar-refractivity contribution in [1.82, 2.24) is 4.31 Å². The van der Waals surface area contributed by atoms with Crippen molar-refractivity contribution in [3.63, 3.8) is 0 Å². The summed E-state index contributed by atoms with van der Waals surface area (Å²) in [5.41, 5.74) is 5.44. The average molecular weight is 538 g/mol. The van der Waals surface area contributed by atoms with E-state index in [1.54, 1.807) is 24.3 Å². The van der Waals surface area contributed by atoms with Crippen molar-refractivity contribution in [3.05, 3.63) is 83.4 Å². The first-order valence-corrected chi connectivity index (χ1v) is 14.3. The molecule has 1 saturated heterocycles. The molecule has 1 aliphatic rings. The maximum Gasteiger partial charge on any atom is 0.243 e. The minimum absolute atomic E-state index is 0.283. The van der Waals surface area contributed by atoms with Gasteiger partial charge in [0.15, 0.2) is 0 Å². The van der Waals surface area contributed by atoms with Crippen LogP contribution in [0.4, 0.5) is 17.1 Å². The molecule has 1 fully saturated rings. The van der Waals surface area contributed by atoms with E-state index in [1.165, 1.54) is 9.87 Å². The topological polar surface area (TPSA) is 108 Å². The Morgan fingerprint density at radius 3 is 2.29 bits per heavy atom. The van der Waals surface area contributed by atoms with Gasteiger partial charge in [-0.25, -0.2) is 8.42 Å². The number of rotatable bonds is 12. The number of sulfonamides is 1. The number of aryl methyl sites for hydroxylation is 2. The van der Waals surface area contributed by atoms with E-state index in [-0.39, 0.29) is 4.90 Å². The fraction of sp³-hybridized carbons (Fsp3) is 0.345. The Labute approximate surface area is 224 Å². The Balaban J connectivity index is 1.24. The van der Waals surface area contributed by atoms with Gasteiger partial charge in [-0.05, 0) is 85.3 Å². The molecule has 4 rings (SSSR count). The van der Waals surface area contributed by atoms with Gasteiger partial charge in [-0.2, -0.15) is 4.31 Å². The number of nitrogens with one attached hydrogen (secondary N) is 2. The maximum atomic E-state index is 12.8. The molecule has 0 bridgehead atoms. The van der Waals surface area contributed by atoms with Crippen molar-refractivity contribution in [2.45, 2.75) is 43.6 Å². The van der Waals surface area contributed by atoms with E-state index in [0.29, 0.717) is 39.1 Å². The third kappa shape index (κ3) is 7.20. The van der Waals surface area contributed by atoms with Crippen LogP contribution in [0.3, 0.4) is 0 Å². The molecule has 1 aliphatic heterocycles. The quantitative estimate of drug-likeness (QED) is 0.227. The summed E-state index contributed by atoms with van der Waals surface area (Å²) in [4.78, 5) is 11.0. The number of benzene rings is 3. The monoisotopic (exact) mass is 537 g/mol. The van der Waals surface area contributed by atoms with Crippen molar-refractivity contribution in [2.75, 3.05) is 36.9 Å². The van der Waals surface area contributed by atoms with Crippen LogP contribution in [0, 0.1) is 6.92 Å². The molecule has 3 aromatic rings. The van der Waals surface area contributed by atoms with Crippen LogP contribution in [0.15, 0.2) is 71.6 Å². The van der Waals surface area contributed by atoms with Crippen LogP contribution in [0.1, 0.15) is 42.1 Å². The molecule has 9 heteroatoms. The number of amides is 1. The van der Waals surface area contributed by atoms with Crippen LogP contribution in [0.25, 0.3) is 0 Å². The van der Waals surface area contributed by atoms with Crippen LogP contribution in [-0.4, -0.2) is 50.5 Å². The molecule has 0 saturated carbocycles. The minimum Gasteiger partial charge on any atom is -0.388 e. The molecular formula is C29H35N3O5S. The summed E-state index contributed by atoms with van der Waals surface area (Å²) >= 11 is 0. The molecule has 3 aromatic carbocycles. The number of nitrogens with zero attached hydrogens (tertiary/aromatic N) is 1. The molecule has 1 amide bonds. The number of anilines is 3. The Morgan fingerprint density at radius 1 is 0.974 bits per heavy atom. The number of carbonyl (C=O) groups is 1. The summed E-state index contributed by atoms with van der Waals surface area (Å²) in [7, 11) is -3.50. The lowest BCUT2D eigenvalue weighted by Gasteiger charge is -2.26. The molecule has 3 N–H and O–H groups in total. The van der Waals surface area contributed by atoms with E-state index in [0.717, 1.165) is 47.5 Å². The molecule has 38 heavy (non-hydrogen) atoms. The summed E-state index contributed by atoms with van der Waals surface area (Å²) in [6.07, 6.45) is 3.48. The number of aliphatic hydroxyl groups is 1. The number of hydrogen-bond donors (Lipinski definition) is 3. The van der Waals surface area contributed by atoms with E-state index in [2.05, 4.69) is 22.8 Å². The Bertz CT molecular complexity index is 1310. The van der Waals surface area contributed by atoms with Gasteiger partial charge in [0, 0.05) is 30.2 Å². The van der Waals surface area contributed by atoms with Gasteiger partial charge >= 0.3 is 0 Å². The third-order valence-corrected chi connectivity index (χ3v) is 8.67. The zero-order chi connectivity index (χ0) is 27.0. The van der Waals surface area contributed by atoms with Crippen molar-refractivity contribution >= 4 is 33.5 Å². The second-order valence-electron chi connectivity index (χ2n) is 9.46. The second kappa shape index (κ2) is 13.0. The first-order chi connectivity index (χ1) is 18.4. The summed E-state index contributed by atoms with van der Waals surface area (Å²) in [6, 6.07) is 20.6. The van der Waals surface area contributed by atoms with Gasteiger partial charge in [-0.3, -0.25) is 4.79 Å². The minimum atomic E-state index is -3.50. The predicted octanol–water partition coefficient (Wildman–Crippen LogP) is 4.77. The average Bonchev–Trinajstić information content (AvgIpc) is 2.94. The summed E-state index contributed by atoms with van der Waals surface area (Å²) in [5.74, 6) is 0. The summed E-state index contributed by atoms with van der Waals surface area (Å²) < 4.78 is 32.3. The third-order valence-electron chi connectivity index (χ3n) is 6.76. The molecule has 0 unspecified atom stereocenters. The van der Waals surface area contributed by atoms with Crippen molar-refractivity contribution < 1.29 is 23.1 Å². The molecule has 0 radical (unpaired) electrons. The highest BCUT2D eigenvalue weighted by Crippen LogP contribution is 2.26. The molecule has 202 valence electrons. The number of hydrogen-bond acceptors (Lipinski definition) is 6.